The molecule has 14 nitrogen and oxygen atoms in total. The van der Waals surface area contributed by atoms with Crippen LogP contribution in [0.5, 0.6) is 46.0 Å². The third-order valence-corrected chi connectivity index (χ3v) is 17.0. The average Bonchev–Trinajstić information content (AvgIpc) is 4.00. The molecule has 2 spiro atoms. The topological polar surface area (TPSA) is 93.1 Å². The summed E-state index contributed by atoms with van der Waals surface area (Å²) in [5.41, 5.74) is 0. The van der Waals surface area contributed by atoms with Crippen LogP contribution in [-0.4, -0.2) is 127 Å². The van der Waals surface area contributed by atoms with E-state index >= 15 is 8.22 Å². The third-order valence-electron chi connectivity index (χ3n) is 8.82. The summed E-state index contributed by atoms with van der Waals surface area (Å²) >= 11 is 0.241. The van der Waals surface area contributed by atoms with Crippen molar-refractivity contribution in [2.75, 3.05) is 84.6 Å². The molecule has 0 aromatic heterocycles. The summed E-state index contributed by atoms with van der Waals surface area (Å²) in [6, 6.07) is 0. The van der Waals surface area contributed by atoms with Crippen molar-refractivity contribution in [1.29, 1.82) is 0 Å². The summed E-state index contributed by atoms with van der Waals surface area (Å²) in [5, 5.41) is 0. The molecule has 0 unspecified atom stereocenters. The van der Waals surface area contributed by atoms with Crippen molar-refractivity contribution in [3.63, 3.8) is 0 Å². The van der Waals surface area contributed by atoms with Gasteiger partial charge in [0.25, 0.3) is 11.5 Å². The average molecular weight is 1140 g/mol. The van der Waals surface area contributed by atoms with Gasteiger partial charge in [-0.2, -0.15) is 12.6 Å². The van der Waals surface area contributed by atoms with Gasteiger partial charge in [-0.3, -0.25) is 0 Å². The standard InChI is InChI=1S/2C12F9O4Si.2C6H18N3S/c2*13-1-2(14)6(18)10-9(5(1)17)22-26(21,23-10)24-11-7(19)3(15)4(16)8(20)12(11)25-26;2*1-7(2)10(8(3)4)9(5)6/h;;2*1-6H3/q2*-1;2*+1. The zero-order valence-electron chi connectivity index (χ0n) is 38.6. The molecule has 0 radical (unpaired) electrons. The summed E-state index contributed by atoms with van der Waals surface area (Å²) in [4.78, 5) is 0. The van der Waals surface area contributed by atoms with E-state index in [1.165, 1.54) is 0 Å². The molecule has 0 amide bonds. The summed E-state index contributed by atoms with van der Waals surface area (Å²) in [6.45, 7) is 0. The molecule has 8 rings (SSSR count). The Balaban J connectivity index is 0.000000196. The maximum atomic E-state index is 15.2. The van der Waals surface area contributed by atoms with Crippen LogP contribution in [0.3, 0.4) is 0 Å². The fraction of sp³-hybridized carbons (Fsp3) is 0.333. The van der Waals surface area contributed by atoms with Crippen LogP contribution in [0.2, 0.25) is 0 Å². The number of hydrogen-bond acceptors (Lipinski definition) is 11. The Bertz CT molecular complexity index is 2420. The number of rotatable bonds is 5. The fourth-order valence-electron chi connectivity index (χ4n) is 6.61. The molecule has 4 aliphatic rings. The van der Waals surface area contributed by atoms with Crippen molar-refractivity contribution in [3.05, 3.63) is 93.1 Å². The molecule has 404 valence electrons. The van der Waals surface area contributed by atoms with Crippen LogP contribution < -0.4 is 35.4 Å². The van der Waals surface area contributed by atoms with E-state index in [0.29, 0.717) is 0 Å². The predicted molar refractivity (Wildman–Crippen MR) is 219 cm³/mol. The summed E-state index contributed by atoms with van der Waals surface area (Å²) in [6.07, 6.45) is 0. The van der Waals surface area contributed by atoms with Gasteiger partial charge in [-0.25, -0.2) is 0 Å². The molecule has 4 aromatic carbocycles. The first-order valence-electron chi connectivity index (χ1n) is 19.1. The Morgan fingerprint density at radius 3 is 0.514 bits per heavy atom. The van der Waals surface area contributed by atoms with E-state index < -0.39 is 156 Å². The zero-order valence-corrected chi connectivity index (χ0v) is 42.2. The number of fused-ring (bicyclic) bond motifs is 4. The van der Waals surface area contributed by atoms with E-state index in [0.717, 1.165) is 0 Å². The molecule has 4 aliphatic heterocycles. The van der Waals surface area contributed by atoms with Crippen LogP contribution in [0, 0.1) is 93.1 Å². The second kappa shape index (κ2) is 19.6. The van der Waals surface area contributed by atoms with Crippen LogP contribution >= 0.6 is 0 Å². The number of benzene rings is 4. The second-order valence-electron chi connectivity index (χ2n) is 15.5. The van der Waals surface area contributed by atoms with Gasteiger partial charge >= 0.3 is 270 Å². The van der Waals surface area contributed by atoms with Crippen LogP contribution in [0.15, 0.2) is 0 Å². The molecule has 4 heterocycles. The first-order valence-corrected chi connectivity index (χ1v) is 25.3. The quantitative estimate of drug-likeness (QED) is 0.0370. The SMILES string of the molecule is CN(C)S(N(C)C)=[N+](C)C.CN(C)[S+](N(C)C)N(C)C.Fc1c(F)c(F)c2c(c1F)O[Si-]1(F)(O2)Oc2c(F)c(F)c(F)c(F)c2O1.Fc1c(F)c(F)c2c(c1F)O[Si-]1(F)(O2)Oc2c(F)c(F)c(F)c(F)c2O1. The van der Waals surface area contributed by atoms with E-state index in [2.05, 4.69) is 145 Å². The first-order chi connectivity index (χ1) is 32.9. The minimum absolute atomic E-state index is 0.120. The molecule has 0 N–H and O–H groups in total. The number of halogens is 18. The molecular weight excluding hydrogens is 1110 g/mol. The molecule has 72 heavy (non-hydrogen) atoms. The minimum atomic E-state index is -7.22. The van der Waals surface area contributed by atoms with Gasteiger partial charge in [0, 0.05) is 70.5 Å². The number of hydrogen-bond donors (Lipinski definition) is 0. The van der Waals surface area contributed by atoms with Gasteiger partial charge < -0.3 is 0 Å². The molecule has 0 saturated heterocycles. The third kappa shape index (κ3) is 9.94. The molecular formula is C36H36F18N6O8S2Si2. The van der Waals surface area contributed by atoms with Crippen molar-refractivity contribution >= 4 is 39.8 Å². The zero-order chi connectivity index (χ0) is 55.0. The molecule has 0 aliphatic carbocycles. The molecule has 36 heteroatoms. The summed E-state index contributed by atoms with van der Waals surface area (Å²) in [7, 11) is 10.6. The normalized spacial score (nSPS) is 17.5. The Labute approximate surface area is 402 Å². The molecule has 0 saturated carbocycles. The molecule has 4 aromatic rings. The van der Waals surface area contributed by atoms with Crippen molar-refractivity contribution in [2.24, 2.45) is 0 Å². The Kier molecular flexibility index (Phi) is 15.7. The summed E-state index contributed by atoms with van der Waals surface area (Å²) < 4.78 is 292. The molecule has 0 atom stereocenters. The van der Waals surface area contributed by atoms with Gasteiger partial charge in [0.05, 0.1) is 0 Å². The van der Waals surface area contributed by atoms with Crippen LogP contribution in [0.25, 0.3) is 0 Å². The van der Waals surface area contributed by atoms with Gasteiger partial charge in [-0.15, -0.1) is 0 Å². The van der Waals surface area contributed by atoms with Gasteiger partial charge in [0.1, 0.15) is 14.1 Å². The van der Waals surface area contributed by atoms with Gasteiger partial charge in [0.2, 0.25) is 0 Å². The molecule has 0 bridgehead atoms. The Hall–Kier alpha value is -5.25. The fourth-order valence-corrected chi connectivity index (χ4v) is 15.1. The van der Waals surface area contributed by atoms with E-state index in [1.807, 2.05) is 0 Å². The number of nitrogens with zero attached hydrogens (tertiary/aromatic N) is 6. The Morgan fingerprint density at radius 1 is 0.306 bits per heavy atom. The predicted octanol–water partition coefficient (Wildman–Crippen LogP) is 7.84. The van der Waals surface area contributed by atoms with Gasteiger partial charge in [-0.1, -0.05) is 12.9 Å². The second-order valence-corrected chi connectivity index (χ2v) is 25.7. The Morgan fingerprint density at radius 2 is 0.444 bits per heavy atom. The van der Waals surface area contributed by atoms with Crippen LogP contribution in [0.1, 0.15) is 0 Å². The van der Waals surface area contributed by atoms with Crippen LogP contribution in [-0.2, 0) is 22.5 Å². The van der Waals surface area contributed by atoms with E-state index in [1.54, 1.807) is 0 Å². The molecule has 0 fully saturated rings. The van der Waals surface area contributed by atoms with Crippen molar-refractivity contribution in [3.8, 4) is 46.0 Å². The first kappa shape index (κ1) is 57.7. The monoisotopic (exact) mass is 1140 g/mol. The van der Waals surface area contributed by atoms with Gasteiger partial charge in [0.15, 0.2) is 11.1 Å². The van der Waals surface area contributed by atoms with Gasteiger partial charge in [-0.05, 0) is 0 Å². The van der Waals surface area contributed by atoms with E-state index in [-0.39, 0.29) is 22.5 Å². The summed E-state index contributed by atoms with van der Waals surface area (Å²) in [5.74, 6) is -51.2. The van der Waals surface area contributed by atoms with E-state index in [9.17, 15) is 70.2 Å². The van der Waals surface area contributed by atoms with Crippen molar-refractivity contribution in [2.45, 2.75) is 0 Å². The van der Waals surface area contributed by atoms with E-state index in [4.69, 9.17) is 0 Å². The van der Waals surface area contributed by atoms with Crippen molar-refractivity contribution < 1.29 is 118 Å². The van der Waals surface area contributed by atoms with Crippen LogP contribution in [0.4, 0.5) is 78.5 Å². The van der Waals surface area contributed by atoms with Crippen molar-refractivity contribution in [1.82, 2.24) is 21.5 Å². The maximum absolute atomic E-state index is 15.2.